The van der Waals surface area contributed by atoms with Crippen LogP contribution in [0, 0.1) is 0 Å². The number of fused-ring (bicyclic) bond motifs is 1. The fourth-order valence-electron chi connectivity index (χ4n) is 2.62. The molecule has 0 aliphatic rings. The molecule has 7 nitrogen and oxygen atoms in total. The number of ether oxygens (including phenoxy) is 1. The van der Waals surface area contributed by atoms with E-state index in [1.54, 1.807) is 36.2 Å². The van der Waals surface area contributed by atoms with Gasteiger partial charge in [0.1, 0.15) is 17.9 Å². The predicted molar refractivity (Wildman–Crippen MR) is 86.7 cm³/mol. The maximum absolute atomic E-state index is 12.8. The molecule has 0 fully saturated rings. The van der Waals surface area contributed by atoms with Crippen LogP contribution in [0.4, 0.5) is 0 Å². The van der Waals surface area contributed by atoms with Crippen LogP contribution in [0.3, 0.4) is 0 Å². The maximum atomic E-state index is 12.8. The van der Waals surface area contributed by atoms with Crippen LogP contribution in [-0.2, 0) is 6.54 Å². The van der Waals surface area contributed by atoms with Crippen LogP contribution in [0.25, 0.3) is 10.9 Å². The summed E-state index contributed by atoms with van der Waals surface area (Å²) >= 11 is 0. The van der Waals surface area contributed by atoms with Gasteiger partial charge in [0.2, 0.25) is 0 Å². The molecule has 0 radical (unpaired) electrons. The van der Waals surface area contributed by atoms with Crippen LogP contribution in [0.5, 0.6) is 5.75 Å². The summed E-state index contributed by atoms with van der Waals surface area (Å²) in [7, 11) is 1.58. The summed E-state index contributed by atoms with van der Waals surface area (Å²) in [6.45, 7) is 4.76. The number of nitrogens with zero attached hydrogens (tertiary/aromatic N) is 5. The Hall–Kier alpha value is -2.70. The molecule has 0 bridgehead atoms. The largest absolute Gasteiger partial charge is 0.497 e. The lowest BCUT2D eigenvalue weighted by Crippen LogP contribution is -2.26. The molecule has 3 rings (SSSR count). The van der Waals surface area contributed by atoms with Gasteiger partial charge in [0, 0.05) is 6.54 Å². The van der Waals surface area contributed by atoms with E-state index in [0.29, 0.717) is 16.7 Å². The van der Waals surface area contributed by atoms with Crippen molar-refractivity contribution in [2.75, 3.05) is 7.11 Å². The Kier molecular flexibility index (Phi) is 4.10. The number of aryl methyl sites for hydroxylation is 1. The molecule has 2 heterocycles. The second-order valence-corrected chi connectivity index (χ2v) is 5.36. The maximum Gasteiger partial charge on any atom is 0.261 e. The number of methoxy groups -OCH3 is 1. The minimum Gasteiger partial charge on any atom is -0.497 e. The van der Waals surface area contributed by atoms with Gasteiger partial charge in [-0.15, -0.1) is 0 Å². The number of benzene rings is 1. The van der Waals surface area contributed by atoms with Crippen molar-refractivity contribution in [3.8, 4) is 5.75 Å². The lowest BCUT2D eigenvalue weighted by atomic mass is 10.2. The van der Waals surface area contributed by atoms with Crippen molar-refractivity contribution in [2.24, 2.45) is 0 Å². The van der Waals surface area contributed by atoms with Gasteiger partial charge < -0.3 is 4.74 Å². The molecule has 0 saturated carbocycles. The van der Waals surface area contributed by atoms with Crippen LogP contribution < -0.4 is 10.3 Å². The molecule has 0 aliphatic carbocycles. The fourth-order valence-corrected chi connectivity index (χ4v) is 2.62. The minimum atomic E-state index is -0.250. The summed E-state index contributed by atoms with van der Waals surface area (Å²) in [5.74, 6) is 1.38. The molecule has 0 spiro atoms. The van der Waals surface area contributed by atoms with Crippen LogP contribution in [0.15, 0.2) is 35.6 Å². The van der Waals surface area contributed by atoms with Gasteiger partial charge in [-0.25, -0.2) is 14.6 Å². The van der Waals surface area contributed by atoms with Gasteiger partial charge >= 0.3 is 0 Å². The summed E-state index contributed by atoms with van der Waals surface area (Å²) in [6, 6.07) is 5.04. The second kappa shape index (κ2) is 6.20. The summed E-state index contributed by atoms with van der Waals surface area (Å²) < 4.78 is 8.61. The Balaban J connectivity index is 2.10. The Morgan fingerprint density at radius 1 is 1.30 bits per heavy atom. The first-order chi connectivity index (χ1) is 11.2. The van der Waals surface area contributed by atoms with Crippen molar-refractivity contribution >= 4 is 10.9 Å². The molecule has 1 atom stereocenters. The predicted octanol–water partition coefficient (Wildman–Crippen LogP) is 2.02. The van der Waals surface area contributed by atoms with Gasteiger partial charge in [0.15, 0.2) is 0 Å². The van der Waals surface area contributed by atoms with E-state index >= 15 is 0 Å². The molecule has 2 aromatic heterocycles. The smallest absolute Gasteiger partial charge is 0.261 e. The zero-order chi connectivity index (χ0) is 16.4. The number of hydrogen-bond acceptors (Lipinski definition) is 5. The third-order valence-corrected chi connectivity index (χ3v) is 3.86. The molecule has 23 heavy (non-hydrogen) atoms. The minimum absolute atomic E-state index is 0.118. The SMILES string of the molecule is CCCn1ncnc1C(C)n1cnc2ccc(OC)cc2c1=O. The first-order valence-corrected chi connectivity index (χ1v) is 7.58. The molecule has 0 saturated heterocycles. The van der Waals surface area contributed by atoms with E-state index in [1.807, 2.05) is 11.6 Å². The highest BCUT2D eigenvalue weighted by molar-refractivity contribution is 5.78. The molecule has 7 heteroatoms. The molecule has 3 aromatic rings. The monoisotopic (exact) mass is 313 g/mol. The van der Waals surface area contributed by atoms with Crippen LogP contribution in [0.2, 0.25) is 0 Å². The van der Waals surface area contributed by atoms with Crippen molar-refractivity contribution in [3.63, 3.8) is 0 Å². The third-order valence-electron chi connectivity index (χ3n) is 3.86. The highest BCUT2D eigenvalue weighted by Crippen LogP contribution is 2.18. The van der Waals surface area contributed by atoms with E-state index in [2.05, 4.69) is 22.0 Å². The standard InChI is InChI=1S/C16H19N5O2/c1-4-7-21-15(17-9-19-21)11(2)20-10-18-14-6-5-12(23-3)8-13(14)16(20)22/h5-6,8-11H,4,7H2,1-3H3. The first-order valence-electron chi connectivity index (χ1n) is 7.58. The Bertz CT molecular complexity index is 884. The topological polar surface area (TPSA) is 74.8 Å². The molecule has 0 N–H and O–H groups in total. The molecule has 1 unspecified atom stereocenters. The Labute approximate surface area is 133 Å². The van der Waals surface area contributed by atoms with E-state index in [0.717, 1.165) is 18.8 Å². The second-order valence-electron chi connectivity index (χ2n) is 5.36. The van der Waals surface area contributed by atoms with Crippen molar-refractivity contribution in [1.29, 1.82) is 0 Å². The van der Waals surface area contributed by atoms with E-state index in [4.69, 9.17) is 4.74 Å². The molecule has 0 amide bonds. The van der Waals surface area contributed by atoms with Crippen molar-refractivity contribution in [1.82, 2.24) is 24.3 Å². The van der Waals surface area contributed by atoms with Gasteiger partial charge in [-0.05, 0) is 31.5 Å². The quantitative estimate of drug-likeness (QED) is 0.720. The highest BCUT2D eigenvalue weighted by atomic mass is 16.5. The summed E-state index contributed by atoms with van der Waals surface area (Å²) in [5.41, 5.74) is 0.529. The third kappa shape index (κ3) is 2.69. The molecule has 1 aromatic carbocycles. The van der Waals surface area contributed by atoms with Crippen molar-refractivity contribution in [3.05, 3.63) is 47.0 Å². The highest BCUT2D eigenvalue weighted by Gasteiger charge is 2.17. The zero-order valence-corrected chi connectivity index (χ0v) is 13.4. The Morgan fingerprint density at radius 3 is 2.87 bits per heavy atom. The lowest BCUT2D eigenvalue weighted by molar-refractivity contribution is 0.415. The summed E-state index contributed by atoms with van der Waals surface area (Å²) in [5, 5.41) is 4.75. The van der Waals surface area contributed by atoms with Gasteiger partial charge in [-0.1, -0.05) is 6.92 Å². The average Bonchev–Trinajstić information content (AvgIpc) is 3.03. The van der Waals surface area contributed by atoms with Gasteiger partial charge in [0.05, 0.1) is 30.4 Å². The summed E-state index contributed by atoms with van der Waals surface area (Å²) in [4.78, 5) is 21.5. The lowest BCUT2D eigenvalue weighted by Gasteiger charge is -2.15. The van der Waals surface area contributed by atoms with E-state index in [9.17, 15) is 4.79 Å². The van der Waals surface area contributed by atoms with Gasteiger partial charge in [0.25, 0.3) is 5.56 Å². The van der Waals surface area contributed by atoms with Crippen LogP contribution in [-0.4, -0.2) is 31.4 Å². The van der Waals surface area contributed by atoms with E-state index in [-0.39, 0.29) is 11.6 Å². The zero-order valence-electron chi connectivity index (χ0n) is 13.4. The van der Waals surface area contributed by atoms with Crippen molar-refractivity contribution in [2.45, 2.75) is 32.9 Å². The number of aromatic nitrogens is 5. The van der Waals surface area contributed by atoms with E-state index in [1.165, 1.54) is 6.33 Å². The van der Waals surface area contributed by atoms with E-state index < -0.39 is 0 Å². The van der Waals surface area contributed by atoms with Crippen LogP contribution in [0.1, 0.15) is 32.1 Å². The fraction of sp³-hybridized carbons (Fsp3) is 0.375. The number of rotatable bonds is 5. The molecule has 0 aliphatic heterocycles. The number of hydrogen-bond donors (Lipinski definition) is 0. The normalized spacial score (nSPS) is 12.5. The molecule has 120 valence electrons. The molecular weight excluding hydrogens is 294 g/mol. The van der Waals surface area contributed by atoms with Gasteiger partial charge in [-0.3, -0.25) is 9.36 Å². The average molecular weight is 313 g/mol. The Morgan fingerprint density at radius 2 is 2.13 bits per heavy atom. The van der Waals surface area contributed by atoms with Crippen LogP contribution >= 0.6 is 0 Å². The molecular formula is C16H19N5O2. The first kappa shape index (κ1) is 15.2. The van der Waals surface area contributed by atoms with Crippen molar-refractivity contribution < 1.29 is 4.74 Å². The summed E-state index contributed by atoms with van der Waals surface area (Å²) in [6.07, 6.45) is 4.03. The van der Waals surface area contributed by atoms with Gasteiger partial charge in [-0.2, -0.15) is 5.10 Å².